The van der Waals surface area contributed by atoms with Crippen molar-refractivity contribution < 1.29 is 80.2 Å². The minimum Gasteiger partial charge on any atom is -0.462 e. The van der Waals surface area contributed by atoms with Crippen molar-refractivity contribution in [2.24, 2.45) is 23.7 Å². The summed E-state index contributed by atoms with van der Waals surface area (Å²) in [6.45, 7) is 14.2. The highest BCUT2D eigenvalue weighted by molar-refractivity contribution is 7.47. The number of phosphoric ester groups is 2. The van der Waals surface area contributed by atoms with Gasteiger partial charge in [0.25, 0.3) is 0 Å². The van der Waals surface area contributed by atoms with E-state index in [9.17, 15) is 43.2 Å². The number of esters is 4. The Morgan fingerprint density at radius 3 is 0.703 bits per heavy atom. The lowest BCUT2D eigenvalue weighted by molar-refractivity contribution is -0.161. The number of rotatable bonds is 79. The second-order valence-electron chi connectivity index (χ2n) is 31.2. The summed E-state index contributed by atoms with van der Waals surface area (Å²) in [4.78, 5) is 73.0. The molecule has 19 heteroatoms. The van der Waals surface area contributed by atoms with Crippen LogP contribution >= 0.6 is 15.6 Å². The molecule has 0 aromatic heterocycles. The molecular weight excluding hydrogens is 1320 g/mol. The summed E-state index contributed by atoms with van der Waals surface area (Å²) >= 11 is 0. The predicted octanol–water partition coefficient (Wildman–Crippen LogP) is 24.4. The normalized spacial score (nSPS) is 14.3. The van der Waals surface area contributed by atoms with Crippen molar-refractivity contribution in [2.75, 3.05) is 39.6 Å². The van der Waals surface area contributed by atoms with Crippen LogP contribution in [0, 0.1) is 23.7 Å². The van der Waals surface area contributed by atoms with Gasteiger partial charge in [-0.25, -0.2) is 9.13 Å². The van der Waals surface area contributed by atoms with Gasteiger partial charge in [0.05, 0.1) is 26.4 Å². The number of carbonyl (C=O) groups excluding carboxylic acids is 4. The van der Waals surface area contributed by atoms with E-state index in [2.05, 4.69) is 55.4 Å². The van der Waals surface area contributed by atoms with Crippen LogP contribution < -0.4 is 0 Å². The molecule has 3 N–H and O–H groups in total. The standard InChI is InChI=1S/C82H160O17P2/c1-9-75(8)61-53-45-37-28-24-20-16-12-10-11-13-17-21-25-29-38-46-54-62-79(84)92-68-77(99-82(87)65-57-49-40-32-31-35-43-51-59-73(4)5)70-96-100(88,89)94-66-76(83)67-95-101(90,91)97-71-78(69-93-80(85)63-55-47-41-33-36-44-52-60-74(6)7)98-81(86)64-56-48-39-30-26-22-18-14-15-19-23-27-34-42-50-58-72(2)3/h72-78,83H,9-71H2,1-8H3,(H,88,89)(H,90,91)/t75?,76?,77-,78-/m1/s1. The highest BCUT2D eigenvalue weighted by Crippen LogP contribution is 2.45. The Morgan fingerprint density at radius 2 is 0.475 bits per heavy atom. The highest BCUT2D eigenvalue weighted by Gasteiger charge is 2.30. The molecule has 0 saturated heterocycles. The van der Waals surface area contributed by atoms with Gasteiger partial charge < -0.3 is 33.8 Å². The molecular formula is C82H160O17P2. The maximum absolute atomic E-state index is 13.1. The van der Waals surface area contributed by atoms with E-state index in [1.165, 1.54) is 218 Å². The van der Waals surface area contributed by atoms with E-state index in [-0.39, 0.29) is 25.7 Å². The Bertz CT molecular complexity index is 1970. The molecule has 0 saturated carbocycles. The van der Waals surface area contributed by atoms with Crippen molar-refractivity contribution in [3.05, 3.63) is 0 Å². The summed E-state index contributed by atoms with van der Waals surface area (Å²) in [6.07, 6.45) is 58.5. The molecule has 0 fully saturated rings. The maximum Gasteiger partial charge on any atom is 0.472 e. The zero-order chi connectivity index (χ0) is 74.6. The number of unbranched alkanes of at least 4 members (excludes halogenated alkanes) is 44. The van der Waals surface area contributed by atoms with Gasteiger partial charge in [0, 0.05) is 25.7 Å². The van der Waals surface area contributed by atoms with Gasteiger partial charge in [0.1, 0.15) is 19.3 Å². The zero-order valence-corrected chi connectivity index (χ0v) is 68.3. The molecule has 0 aromatic rings. The van der Waals surface area contributed by atoms with Gasteiger partial charge in [-0.3, -0.25) is 37.3 Å². The third-order valence-corrected chi connectivity index (χ3v) is 21.3. The summed E-state index contributed by atoms with van der Waals surface area (Å²) in [5.74, 6) is 0.983. The first-order chi connectivity index (χ1) is 48.6. The van der Waals surface area contributed by atoms with E-state index in [0.717, 1.165) is 108 Å². The lowest BCUT2D eigenvalue weighted by Gasteiger charge is -2.21. The SMILES string of the molecule is CCC(C)CCCCCCCCCCCCCCCCCCCCC(=O)OC[C@H](COP(=O)(O)OCC(O)COP(=O)(O)OC[C@@H](COC(=O)CCCCCCCCCC(C)C)OC(=O)CCCCCCCCCCCCCCCCCC(C)C)OC(=O)CCCCCCCCCCC(C)C. The summed E-state index contributed by atoms with van der Waals surface area (Å²) in [5.41, 5.74) is 0. The molecule has 0 amide bonds. The van der Waals surface area contributed by atoms with Crippen LogP contribution in [0.4, 0.5) is 0 Å². The van der Waals surface area contributed by atoms with Crippen LogP contribution in [0.5, 0.6) is 0 Å². The van der Waals surface area contributed by atoms with E-state index < -0.39 is 97.5 Å². The van der Waals surface area contributed by atoms with Gasteiger partial charge in [-0.15, -0.1) is 0 Å². The van der Waals surface area contributed by atoms with Crippen molar-refractivity contribution >= 4 is 39.5 Å². The monoisotopic (exact) mass is 1480 g/mol. The summed E-state index contributed by atoms with van der Waals surface area (Å²) in [5, 5.41) is 10.6. The van der Waals surface area contributed by atoms with E-state index in [1.807, 2.05) is 0 Å². The second-order valence-corrected chi connectivity index (χ2v) is 34.1. The fourth-order valence-electron chi connectivity index (χ4n) is 12.6. The summed E-state index contributed by atoms with van der Waals surface area (Å²) < 4.78 is 68.7. The van der Waals surface area contributed by atoms with Crippen LogP contribution in [0.15, 0.2) is 0 Å². The molecule has 0 rings (SSSR count). The molecule has 0 spiro atoms. The number of aliphatic hydroxyl groups excluding tert-OH is 1. The van der Waals surface area contributed by atoms with Crippen molar-refractivity contribution in [1.82, 2.24) is 0 Å². The number of hydrogen-bond donors (Lipinski definition) is 3. The lowest BCUT2D eigenvalue weighted by atomic mass is 9.99. The molecule has 101 heavy (non-hydrogen) atoms. The average Bonchev–Trinajstić information content (AvgIpc) is 0.961. The van der Waals surface area contributed by atoms with E-state index >= 15 is 0 Å². The summed E-state index contributed by atoms with van der Waals surface area (Å²) in [6, 6.07) is 0. The molecule has 0 radical (unpaired) electrons. The predicted molar refractivity (Wildman–Crippen MR) is 414 cm³/mol. The molecule has 0 aliphatic carbocycles. The van der Waals surface area contributed by atoms with E-state index in [0.29, 0.717) is 37.5 Å². The van der Waals surface area contributed by atoms with E-state index in [1.54, 1.807) is 0 Å². The molecule has 0 aromatic carbocycles. The highest BCUT2D eigenvalue weighted by atomic mass is 31.2. The fourth-order valence-corrected chi connectivity index (χ4v) is 14.2. The van der Waals surface area contributed by atoms with Gasteiger partial charge in [0.2, 0.25) is 0 Å². The molecule has 6 atom stereocenters. The maximum atomic E-state index is 13.1. The molecule has 0 aliphatic rings. The average molecular weight is 1480 g/mol. The third-order valence-electron chi connectivity index (χ3n) is 19.4. The first-order valence-electron chi connectivity index (χ1n) is 42.2. The largest absolute Gasteiger partial charge is 0.472 e. The Labute approximate surface area is 619 Å². The van der Waals surface area contributed by atoms with Gasteiger partial charge in [-0.2, -0.15) is 0 Å². The van der Waals surface area contributed by atoms with Crippen LogP contribution in [0.25, 0.3) is 0 Å². The van der Waals surface area contributed by atoms with Crippen LogP contribution in [-0.4, -0.2) is 96.7 Å². The van der Waals surface area contributed by atoms with Crippen LogP contribution in [0.1, 0.15) is 421 Å². The zero-order valence-electron chi connectivity index (χ0n) is 66.5. The Balaban J connectivity index is 5.14. The lowest BCUT2D eigenvalue weighted by Crippen LogP contribution is -2.30. The first kappa shape index (κ1) is 99.1. The van der Waals surface area contributed by atoms with Crippen LogP contribution in [0.2, 0.25) is 0 Å². The summed E-state index contributed by atoms with van der Waals surface area (Å²) in [7, 11) is -9.92. The van der Waals surface area contributed by atoms with Gasteiger partial charge >= 0.3 is 39.5 Å². The van der Waals surface area contributed by atoms with Crippen molar-refractivity contribution in [3.8, 4) is 0 Å². The topological polar surface area (TPSA) is 237 Å². The number of aliphatic hydroxyl groups is 1. The fraction of sp³-hybridized carbons (Fsp3) is 0.951. The van der Waals surface area contributed by atoms with Gasteiger partial charge in [-0.05, 0) is 49.4 Å². The Kier molecular flexibility index (Phi) is 69.6. The van der Waals surface area contributed by atoms with Crippen LogP contribution in [0.3, 0.4) is 0 Å². The quantitative estimate of drug-likeness (QED) is 0.0222. The molecule has 17 nitrogen and oxygen atoms in total. The molecule has 0 heterocycles. The molecule has 0 aliphatic heterocycles. The second kappa shape index (κ2) is 71.0. The third kappa shape index (κ3) is 74.7. The smallest absolute Gasteiger partial charge is 0.462 e. The number of hydrogen-bond acceptors (Lipinski definition) is 15. The number of phosphoric acid groups is 2. The van der Waals surface area contributed by atoms with Crippen molar-refractivity contribution in [3.63, 3.8) is 0 Å². The molecule has 0 bridgehead atoms. The van der Waals surface area contributed by atoms with Crippen LogP contribution in [-0.2, 0) is 65.4 Å². The number of carbonyl (C=O) groups is 4. The minimum absolute atomic E-state index is 0.105. The Morgan fingerprint density at radius 1 is 0.277 bits per heavy atom. The van der Waals surface area contributed by atoms with Gasteiger partial charge in [0.15, 0.2) is 12.2 Å². The molecule has 600 valence electrons. The number of ether oxygens (including phenoxy) is 4. The first-order valence-corrected chi connectivity index (χ1v) is 45.2. The van der Waals surface area contributed by atoms with Crippen molar-refractivity contribution in [2.45, 2.75) is 440 Å². The molecule has 4 unspecified atom stereocenters. The van der Waals surface area contributed by atoms with E-state index in [4.69, 9.17) is 37.0 Å². The van der Waals surface area contributed by atoms with Crippen molar-refractivity contribution in [1.29, 1.82) is 0 Å². The minimum atomic E-state index is -4.96. The Hall–Kier alpha value is -1.94. The van der Waals surface area contributed by atoms with Gasteiger partial charge in [-0.1, -0.05) is 370 Å².